The summed E-state index contributed by atoms with van der Waals surface area (Å²) >= 11 is 0. The highest BCUT2D eigenvalue weighted by molar-refractivity contribution is 5.95. The van der Waals surface area contributed by atoms with E-state index < -0.39 is 12.1 Å². The second-order valence-electron chi connectivity index (χ2n) is 4.92. The number of para-hydroxylation sites is 1. The molecule has 0 aliphatic rings. The van der Waals surface area contributed by atoms with Crippen LogP contribution in [0.2, 0.25) is 0 Å². The van der Waals surface area contributed by atoms with Crippen molar-refractivity contribution >= 4 is 17.6 Å². The molecular weight excluding hydrogens is 308 g/mol. The first-order chi connectivity index (χ1) is 11.5. The molecule has 2 aromatic rings. The Balaban J connectivity index is 2.01. The van der Waals surface area contributed by atoms with Crippen molar-refractivity contribution in [3.8, 4) is 11.8 Å². The number of amides is 1. The van der Waals surface area contributed by atoms with Gasteiger partial charge in [0.05, 0.1) is 23.9 Å². The van der Waals surface area contributed by atoms with Crippen molar-refractivity contribution in [3.05, 3.63) is 59.7 Å². The highest BCUT2D eigenvalue weighted by Crippen LogP contribution is 2.17. The average molecular weight is 324 g/mol. The molecule has 0 aromatic heterocycles. The largest absolute Gasteiger partial charge is 0.481 e. The van der Waals surface area contributed by atoms with E-state index in [0.717, 1.165) is 0 Å². The normalized spacial score (nSPS) is 11.0. The van der Waals surface area contributed by atoms with E-state index in [1.807, 2.05) is 6.07 Å². The summed E-state index contributed by atoms with van der Waals surface area (Å²) in [4.78, 5) is 23.6. The minimum Gasteiger partial charge on any atom is -0.481 e. The van der Waals surface area contributed by atoms with Crippen LogP contribution in [-0.2, 0) is 9.53 Å². The fourth-order valence-corrected chi connectivity index (χ4v) is 1.97. The molecule has 2 rings (SSSR count). The Kier molecular flexibility index (Phi) is 5.53. The van der Waals surface area contributed by atoms with E-state index in [4.69, 9.17) is 10.00 Å². The molecule has 2 aromatic carbocycles. The van der Waals surface area contributed by atoms with Gasteiger partial charge in [-0.25, -0.2) is 4.79 Å². The van der Waals surface area contributed by atoms with Crippen LogP contribution in [0.15, 0.2) is 48.5 Å². The molecule has 0 saturated carbocycles. The minimum absolute atomic E-state index is 0.375. The molecule has 0 saturated heterocycles. The Morgan fingerprint density at radius 3 is 2.42 bits per heavy atom. The number of nitriles is 1. The molecule has 0 fully saturated rings. The van der Waals surface area contributed by atoms with Gasteiger partial charge >= 0.3 is 5.97 Å². The van der Waals surface area contributed by atoms with Crippen LogP contribution in [-0.4, -0.2) is 25.1 Å². The highest BCUT2D eigenvalue weighted by atomic mass is 16.5. The lowest BCUT2D eigenvalue weighted by Crippen LogP contribution is -2.30. The van der Waals surface area contributed by atoms with Gasteiger partial charge in [0.15, 0.2) is 6.10 Å². The van der Waals surface area contributed by atoms with Crippen molar-refractivity contribution in [2.45, 2.75) is 13.0 Å². The van der Waals surface area contributed by atoms with E-state index in [0.29, 0.717) is 22.6 Å². The number of carbonyl (C=O) groups excluding carboxylic acids is 2. The van der Waals surface area contributed by atoms with Gasteiger partial charge in [0.1, 0.15) is 11.8 Å². The predicted molar refractivity (Wildman–Crippen MR) is 87.7 cm³/mol. The topological polar surface area (TPSA) is 88.4 Å². The molecule has 0 unspecified atom stereocenters. The van der Waals surface area contributed by atoms with Crippen molar-refractivity contribution in [2.24, 2.45) is 0 Å². The second-order valence-corrected chi connectivity index (χ2v) is 4.92. The summed E-state index contributed by atoms with van der Waals surface area (Å²) < 4.78 is 10.2. The molecule has 1 N–H and O–H groups in total. The monoisotopic (exact) mass is 324 g/mol. The molecule has 6 heteroatoms. The van der Waals surface area contributed by atoms with Crippen molar-refractivity contribution < 1.29 is 19.1 Å². The number of ether oxygens (including phenoxy) is 2. The van der Waals surface area contributed by atoms with Gasteiger partial charge in [0.2, 0.25) is 0 Å². The number of anilines is 1. The molecule has 1 amide bonds. The zero-order valence-electron chi connectivity index (χ0n) is 13.3. The summed E-state index contributed by atoms with van der Waals surface area (Å²) in [6.45, 7) is 1.60. The number of hydrogen-bond donors (Lipinski definition) is 1. The molecule has 0 radical (unpaired) electrons. The number of esters is 1. The first-order valence-electron chi connectivity index (χ1n) is 7.20. The number of nitrogens with one attached hydrogen (secondary N) is 1. The van der Waals surface area contributed by atoms with Crippen LogP contribution in [0.1, 0.15) is 22.8 Å². The van der Waals surface area contributed by atoms with Crippen LogP contribution in [0, 0.1) is 11.3 Å². The molecule has 0 aliphatic heterocycles. The Bertz CT molecular complexity index is 778. The maximum Gasteiger partial charge on any atom is 0.337 e. The smallest absolute Gasteiger partial charge is 0.337 e. The first kappa shape index (κ1) is 17.0. The van der Waals surface area contributed by atoms with Gasteiger partial charge in [0.25, 0.3) is 5.91 Å². The zero-order chi connectivity index (χ0) is 17.5. The van der Waals surface area contributed by atoms with E-state index >= 15 is 0 Å². The number of benzene rings is 2. The highest BCUT2D eigenvalue weighted by Gasteiger charge is 2.16. The van der Waals surface area contributed by atoms with Crippen molar-refractivity contribution in [1.29, 1.82) is 5.26 Å². The van der Waals surface area contributed by atoms with Gasteiger partial charge in [-0.15, -0.1) is 0 Å². The lowest BCUT2D eigenvalue weighted by molar-refractivity contribution is -0.122. The Morgan fingerprint density at radius 1 is 1.12 bits per heavy atom. The molecule has 1 atom stereocenters. The third kappa shape index (κ3) is 4.11. The van der Waals surface area contributed by atoms with Gasteiger partial charge < -0.3 is 14.8 Å². The summed E-state index contributed by atoms with van der Waals surface area (Å²) in [5.41, 5.74) is 1.20. The van der Waals surface area contributed by atoms with Crippen LogP contribution in [0.25, 0.3) is 0 Å². The van der Waals surface area contributed by atoms with Gasteiger partial charge in [-0.3, -0.25) is 4.79 Å². The molecule has 122 valence electrons. The van der Waals surface area contributed by atoms with E-state index in [9.17, 15) is 9.59 Å². The van der Waals surface area contributed by atoms with Crippen molar-refractivity contribution in [2.75, 3.05) is 12.4 Å². The van der Waals surface area contributed by atoms with Crippen LogP contribution in [0.3, 0.4) is 0 Å². The maximum absolute atomic E-state index is 12.2. The van der Waals surface area contributed by atoms with Crippen molar-refractivity contribution in [1.82, 2.24) is 0 Å². The number of carbonyl (C=O) groups is 2. The number of nitrogens with zero attached hydrogens (tertiary/aromatic N) is 1. The third-order valence-corrected chi connectivity index (χ3v) is 3.26. The fraction of sp³-hybridized carbons (Fsp3) is 0.167. The van der Waals surface area contributed by atoms with Gasteiger partial charge in [0, 0.05) is 0 Å². The second kappa shape index (κ2) is 7.79. The maximum atomic E-state index is 12.2. The number of rotatable bonds is 5. The quantitative estimate of drug-likeness (QED) is 0.854. The third-order valence-electron chi connectivity index (χ3n) is 3.26. The van der Waals surface area contributed by atoms with Gasteiger partial charge in [-0.1, -0.05) is 12.1 Å². The Labute approximate surface area is 139 Å². The summed E-state index contributed by atoms with van der Waals surface area (Å²) in [6.07, 6.45) is -0.777. The summed E-state index contributed by atoms with van der Waals surface area (Å²) in [5, 5.41) is 11.7. The summed E-state index contributed by atoms with van der Waals surface area (Å²) in [5.74, 6) is -0.380. The van der Waals surface area contributed by atoms with Crippen LogP contribution < -0.4 is 10.1 Å². The van der Waals surface area contributed by atoms with Gasteiger partial charge in [-0.05, 0) is 43.3 Å². The lowest BCUT2D eigenvalue weighted by atomic mass is 10.2. The lowest BCUT2D eigenvalue weighted by Gasteiger charge is -2.15. The molecule has 24 heavy (non-hydrogen) atoms. The number of methoxy groups -OCH3 is 1. The minimum atomic E-state index is -0.777. The van der Waals surface area contributed by atoms with E-state index in [-0.39, 0.29) is 5.91 Å². The zero-order valence-corrected chi connectivity index (χ0v) is 13.3. The SMILES string of the molecule is COC(=O)c1ccc(O[C@H](C)C(=O)Nc2ccccc2C#N)cc1. The number of hydrogen-bond acceptors (Lipinski definition) is 5. The predicted octanol–water partition coefficient (Wildman–Crippen LogP) is 2.75. The van der Waals surface area contributed by atoms with E-state index in [2.05, 4.69) is 10.1 Å². The molecule has 0 heterocycles. The van der Waals surface area contributed by atoms with Crippen LogP contribution >= 0.6 is 0 Å². The van der Waals surface area contributed by atoms with Crippen LogP contribution in [0.4, 0.5) is 5.69 Å². The molecule has 0 bridgehead atoms. The Hall–Kier alpha value is -3.33. The van der Waals surface area contributed by atoms with Crippen LogP contribution in [0.5, 0.6) is 5.75 Å². The Morgan fingerprint density at radius 2 is 1.79 bits per heavy atom. The molecule has 0 spiro atoms. The summed E-state index contributed by atoms with van der Waals surface area (Å²) in [7, 11) is 1.30. The fourth-order valence-electron chi connectivity index (χ4n) is 1.97. The first-order valence-corrected chi connectivity index (χ1v) is 7.20. The van der Waals surface area contributed by atoms with E-state index in [1.54, 1.807) is 55.5 Å². The van der Waals surface area contributed by atoms with Crippen molar-refractivity contribution in [3.63, 3.8) is 0 Å². The molecular formula is C18H16N2O4. The standard InChI is InChI=1S/C18H16N2O4/c1-12(17(21)20-16-6-4-3-5-14(16)11-19)24-15-9-7-13(8-10-15)18(22)23-2/h3-10,12H,1-2H3,(H,20,21)/t12-/m1/s1. The summed E-state index contributed by atoms with van der Waals surface area (Å²) in [6, 6.07) is 15.0. The van der Waals surface area contributed by atoms with E-state index in [1.165, 1.54) is 7.11 Å². The van der Waals surface area contributed by atoms with Gasteiger partial charge in [-0.2, -0.15) is 5.26 Å². The molecule has 6 nitrogen and oxygen atoms in total. The molecule has 0 aliphatic carbocycles. The average Bonchev–Trinajstić information content (AvgIpc) is 2.62.